The lowest BCUT2D eigenvalue weighted by Gasteiger charge is -2.05. The zero-order valence-electron chi connectivity index (χ0n) is 10.9. The fourth-order valence-corrected chi connectivity index (χ4v) is 2.58. The van der Waals surface area contributed by atoms with Crippen molar-refractivity contribution in [3.8, 4) is 6.07 Å². The molecule has 2 rings (SSSR count). The fraction of sp³-hybridized carbons (Fsp3) is 0.200. The molecule has 0 atom stereocenters. The van der Waals surface area contributed by atoms with Gasteiger partial charge in [0.1, 0.15) is 5.82 Å². The van der Waals surface area contributed by atoms with E-state index in [1.165, 1.54) is 29.5 Å². The molecule has 20 heavy (non-hydrogen) atoms. The number of nitriles is 1. The molecule has 1 amide bonds. The molecular formula is C15H13FN2OS. The molecule has 0 saturated carbocycles. The third kappa shape index (κ3) is 3.22. The Morgan fingerprint density at radius 3 is 2.80 bits per heavy atom. The Balaban J connectivity index is 2.01. The van der Waals surface area contributed by atoms with Gasteiger partial charge in [-0.3, -0.25) is 4.79 Å². The quantitative estimate of drug-likeness (QED) is 0.939. The third-order valence-corrected chi connectivity index (χ3v) is 4.08. The summed E-state index contributed by atoms with van der Waals surface area (Å²) in [7, 11) is 0. The first-order valence-corrected chi connectivity index (χ1v) is 7.01. The van der Waals surface area contributed by atoms with Gasteiger partial charge in [0.05, 0.1) is 16.5 Å². The fourth-order valence-electron chi connectivity index (χ4n) is 1.71. The van der Waals surface area contributed by atoms with E-state index >= 15 is 0 Å². The van der Waals surface area contributed by atoms with E-state index in [9.17, 15) is 9.18 Å². The van der Waals surface area contributed by atoms with Crippen LogP contribution in [0.4, 0.5) is 4.39 Å². The average Bonchev–Trinajstić information content (AvgIpc) is 2.94. The van der Waals surface area contributed by atoms with Crippen LogP contribution in [-0.4, -0.2) is 5.91 Å². The lowest BCUT2D eigenvalue weighted by molar-refractivity contribution is 0.0954. The van der Waals surface area contributed by atoms with E-state index in [-0.39, 0.29) is 18.0 Å². The summed E-state index contributed by atoms with van der Waals surface area (Å²) in [6.07, 6.45) is 0.891. The van der Waals surface area contributed by atoms with Gasteiger partial charge < -0.3 is 5.32 Å². The minimum absolute atomic E-state index is 0.107. The van der Waals surface area contributed by atoms with Gasteiger partial charge >= 0.3 is 0 Å². The molecule has 0 unspecified atom stereocenters. The van der Waals surface area contributed by atoms with Crippen LogP contribution in [0.1, 0.15) is 32.6 Å². The van der Waals surface area contributed by atoms with Crippen LogP contribution >= 0.6 is 11.3 Å². The Morgan fingerprint density at radius 2 is 2.20 bits per heavy atom. The van der Waals surface area contributed by atoms with E-state index in [0.717, 1.165) is 11.3 Å². The Kier molecular flexibility index (Phi) is 4.49. The summed E-state index contributed by atoms with van der Waals surface area (Å²) in [5, 5.41) is 11.3. The van der Waals surface area contributed by atoms with Crippen LogP contribution in [-0.2, 0) is 13.0 Å². The minimum atomic E-state index is -0.482. The van der Waals surface area contributed by atoms with Gasteiger partial charge in [0, 0.05) is 17.0 Å². The van der Waals surface area contributed by atoms with Crippen molar-refractivity contribution in [2.45, 2.75) is 19.9 Å². The highest BCUT2D eigenvalue weighted by Gasteiger charge is 2.10. The largest absolute Gasteiger partial charge is 0.347 e. The van der Waals surface area contributed by atoms with Crippen LogP contribution in [0.3, 0.4) is 0 Å². The number of nitrogens with one attached hydrogen (secondary N) is 1. The van der Waals surface area contributed by atoms with Gasteiger partial charge in [-0.05, 0) is 30.7 Å². The molecule has 5 heteroatoms. The summed E-state index contributed by atoms with van der Waals surface area (Å²) in [5.74, 6) is -0.691. The number of thiophene rings is 1. The minimum Gasteiger partial charge on any atom is -0.347 e. The normalized spacial score (nSPS) is 10.1. The number of amides is 1. The van der Waals surface area contributed by atoms with Crippen molar-refractivity contribution in [2.75, 3.05) is 0 Å². The van der Waals surface area contributed by atoms with Crippen molar-refractivity contribution in [3.05, 3.63) is 57.0 Å². The second-order valence-electron chi connectivity index (χ2n) is 4.22. The van der Waals surface area contributed by atoms with E-state index in [2.05, 4.69) is 5.32 Å². The molecule has 1 aromatic heterocycles. The molecule has 0 aliphatic carbocycles. The summed E-state index contributed by atoms with van der Waals surface area (Å²) in [4.78, 5) is 13.7. The van der Waals surface area contributed by atoms with Gasteiger partial charge in [-0.2, -0.15) is 5.26 Å². The van der Waals surface area contributed by atoms with Crippen molar-refractivity contribution in [2.24, 2.45) is 0 Å². The number of benzene rings is 1. The van der Waals surface area contributed by atoms with Crippen LogP contribution in [0.25, 0.3) is 0 Å². The Labute approximate surface area is 120 Å². The molecule has 2 aromatic rings. The highest BCUT2D eigenvalue weighted by atomic mass is 32.1. The SMILES string of the molecule is CCc1ccc(C(=O)NCc2ccc(C#N)cc2F)s1. The van der Waals surface area contributed by atoms with Gasteiger partial charge in [0.2, 0.25) is 0 Å². The highest BCUT2D eigenvalue weighted by molar-refractivity contribution is 7.14. The maximum Gasteiger partial charge on any atom is 0.261 e. The maximum atomic E-state index is 13.6. The van der Waals surface area contributed by atoms with E-state index in [1.54, 1.807) is 6.07 Å². The summed E-state index contributed by atoms with van der Waals surface area (Å²) in [6, 6.07) is 9.77. The predicted octanol–water partition coefficient (Wildman–Crippen LogP) is 3.25. The van der Waals surface area contributed by atoms with Crippen LogP contribution in [0.2, 0.25) is 0 Å². The van der Waals surface area contributed by atoms with Crippen LogP contribution in [0.5, 0.6) is 0 Å². The lowest BCUT2D eigenvalue weighted by atomic mass is 10.1. The average molecular weight is 288 g/mol. The van der Waals surface area contributed by atoms with Crippen molar-refractivity contribution in [1.29, 1.82) is 5.26 Å². The van der Waals surface area contributed by atoms with Gasteiger partial charge in [0.15, 0.2) is 0 Å². The van der Waals surface area contributed by atoms with Gasteiger partial charge in [-0.1, -0.05) is 13.0 Å². The molecule has 0 bridgehead atoms. The number of hydrogen-bond donors (Lipinski definition) is 1. The van der Waals surface area contributed by atoms with Gasteiger partial charge in [0.25, 0.3) is 5.91 Å². The molecule has 0 fully saturated rings. The first-order chi connectivity index (χ1) is 9.63. The number of hydrogen-bond acceptors (Lipinski definition) is 3. The summed E-state index contributed by atoms with van der Waals surface area (Å²) in [5.41, 5.74) is 0.632. The smallest absolute Gasteiger partial charge is 0.261 e. The molecule has 1 heterocycles. The Hall–Kier alpha value is -2.19. The summed E-state index contributed by atoms with van der Waals surface area (Å²) in [6.45, 7) is 2.13. The molecule has 0 aliphatic heterocycles. The number of carbonyl (C=O) groups is 1. The predicted molar refractivity (Wildman–Crippen MR) is 76.0 cm³/mol. The zero-order chi connectivity index (χ0) is 14.5. The lowest BCUT2D eigenvalue weighted by Crippen LogP contribution is -2.22. The maximum absolute atomic E-state index is 13.6. The van der Waals surface area contributed by atoms with Crippen molar-refractivity contribution in [3.63, 3.8) is 0 Å². The molecule has 0 saturated heterocycles. The molecule has 102 valence electrons. The third-order valence-electron chi connectivity index (χ3n) is 2.86. The first-order valence-electron chi connectivity index (χ1n) is 6.19. The summed E-state index contributed by atoms with van der Waals surface area (Å²) >= 11 is 1.44. The van der Waals surface area contributed by atoms with E-state index in [1.807, 2.05) is 19.1 Å². The van der Waals surface area contributed by atoms with E-state index in [0.29, 0.717) is 10.4 Å². The van der Waals surface area contributed by atoms with Crippen molar-refractivity contribution >= 4 is 17.2 Å². The molecule has 0 radical (unpaired) electrons. The highest BCUT2D eigenvalue weighted by Crippen LogP contribution is 2.17. The number of rotatable bonds is 4. The Bertz CT molecular complexity index is 673. The van der Waals surface area contributed by atoms with Crippen LogP contribution in [0, 0.1) is 17.1 Å². The van der Waals surface area contributed by atoms with Crippen LogP contribution in [0.15, 0.2) is 30.3 Å². The second kappa shape index (κ2) is 6.31. The van der Waals surface area contributed by atoms with E-state index in [4.69, 9.17) is 5.26 Å². The van der Waals surface area contributed by atoms with Crippen LogP contribution < -0.4 is 5.32 Å². The number of aryl methyl sites for hydroxylation is 1. The number of carbonyl (C=O) groups excluding carboxylic acids is 1. The van der Waals surface area contributed by atoms with Crippen molar-refractivity contribution in [1.82, 2.24) is 5.32 Å². The molecule has 1 N–H and O–H groups in total. The van der Waals surface area contributed by atoms with Gasteiger partial charge in [-0.15, -0.1) is 11.3 Å². The Morgan fingerprint density at radius 1 is 1.40 bits per heavy atom. The standard InChI is InChI=1S/C15H13FN2OS/c1-2-12-5-6-14(20-12)15(19)18-9-11-4-3-10(8-17)7-13(11)16/h3-7H,2,9H2,1H3,(H,18,19). The number of halogens is 1. The second-order valence-corrected chi connectivity index (χ2v) is 5.39. The monoisotopic (exact) mass is 288 g/mol. The first kappa shape index (κ1) is 14.2. The molecule has 1 aromatic carbocycles. The van der Waals surface area contributed by atoms with Gasteiger partial charge in [-0.25, -0.2) is 4.39 Å². The van der Waals surface area contributed by atoms with E-state index < -0.39 is 5.82 Å². The molecule has 3 nitrogen and oxygen atoms in total. The molecule has 0 aliphatic rings. The molecule has 0 spiro atoms. The molecular weight excluding hydrogens is 275 g/mol. The summed E-state index contributed by atoms with van der Waals surface area (Å²) < 4.78 is 13.6. The zero-order valence-corrected chi connectivity index (χ0v) is 11.8. The van der Waals surface area contributed by atoms with Crippen molar-refractivity contribution < 1.29 is 9.18 Å². The number of nitrogens with zero attached hydrogens (tertiary/aromatic N) is 1. The topological polar surface area (TPSA) is 52.9 Å².